The molecule has 1 unspecified atom stereocenters. The third-order valence-corrected chi connectivity index (χ3v) is 6.20. The molecule has 132 valence electrons. The van der Waals surface area contributed by atoms with Crippen molar-refractivity contribution in [1.29, 1.82) is 0 Å². The Balaban J connectivity index is 1.83. The van der Waals surface area contributed by atoms with Gasteiger partial charge in [-0.1, -0.05) is 40.6 Å². The van der Waals surface area contributed by atoms with E-state index < -0.39 is 0 Å². The molecule has 1 aliphatic rings. The lowest BCUT2D eigenvalue weighted by Crippen LogP contribution is -2.46. The van der Waals surface area contributed by atoms with Crippen LogP contribution in [0.2, 0.25) is 10.0 Å². The molecule has 6 nitrogen and oxygen atoms in total. The third kappa shape index (κ3) is 3.11. The molecule has 3 aromatic rings. The van der Waals surface area contributed by atoms with Gasteiger partial charge in [-0.3, -0.25) is 4.90 Å². The van der Waals surface area contributed by atoms with Gasteiger partial charge in [-0.05, 0) is 24.7 Å². The number of piperazine rings is 1. The zero-order valence-corrected chi connectivity index (χ0v) is 15.9. The number of rotatable bonds is 3. The highest BCUT2D eigenvalue weighted by Gasteiger charge is 2.32. The number of thiazole rings is 1. The lowest BCUT2D eigenvalue weighted by molar-refractivity contribution is 0.127. The summed E-state index contributed by atoms with van der Waals surface area (Å²) in [5, 5.41) is 16.0. The van der Waals surface area contributed by atoms with E-state index in [4.69, 9.17) is 23.2 Å². The first-order valence-corrected chi connectivity index (χ1v) is 9.51. The largest absolute Gasteiger partial charge is 0.492 e. The van der Waals surface area contributed by atoms with Crippen molar-refractivity contribution in [2.24, 2.45) is 0 Å². The van der Waals surface area contributed by atoms with Crippen LogP contribution in [0.4, 0.5) is 0 Å². The Hall–Kier alpha value is -1.38. The van der Waals surface area contributed by atoms with Crippen molar-refractivity contribution < 1.29 is 5.11 Å². The van der Waals surface area contributed by atoms with Gasteiger partial charge in [0.15, 0.2) is 0 Å². The van der Waals surface area contributed by atoms with Gasteiger partial charge in [0.2, 0.25) is 10.8 Å². The monoisotopic (exact) mass is 397 g/mol. The van der Waals surface area contributed by atoms with Crippen LogP contribution >= 0.6 is 34.5 Å². The Kier molecular flexibility index (Phi) is 4.59. The molecule has 1 saturated heterocycles. The van der Waals surface area contributed by atoms with E-state index in [0.717, 1.165) is 36.6 Å². The van der Waals surface area contributed by atoms with Crippen molar-refractivity contribution in [1.82, 2.24) is 24.4 Å². The van der Waals surface area contributed by atoms with Crippen molar-refractivity contribution in [3.05, 3.63) is 45.0 Å². The first-order chi connectivity index (χ1) is 12.0. The number of hydrogen-bond acceptors (Lipinski definition) is 6. The fraction of sp³-hybridized carbons (Fsp3) is 0.375. The highest BCUT2D eigenvalue weighted by Crippen LogP contribution is 2.42. The molecule has 0 aliphatic carbocycles. The Morgan fingerprint density at radius 2 is 1.96 bits per heavy atom. The lowest BCUT2D eigenvalue weighted by Gasteiger charge is -2.38. The minimum atomic E-state index is -0.160. The molecule has 9 heteroatoms. The van der Waals surface area contributed by atoms with Gasteiger partial charge in [-0.15, -0.1) is 0 Å². The molecule has 0 amide bonds. The molecule has 0 saturated carbocycles. The Morgan fingerprint density at radius 3 is 2.64 bits per heavy atom. The second kappa shape index (κ2) is 6.74. The van der Waals surface area contributed by atoms with E-state index in [1.54, 1.807) is 6.07 Å². The topological polar surface area (TPSA) is 56.9 Å². The minimum absolute atomic E-state index is 0.118. The number of benzene rings is 1. The fourth-order valence-corrected chi connectivity index (χ4v) is 4.77. The predicted molar refractivity (Wildman–Crippen MR) is 99.9 cm³/mol. The number of aromatic nitrogens is 3. The average molecular weight is 398 g/mol. The van der Waals surface area contributed by atoms with Crippen molar-refractivity contribution in [3.63, 3.8) is 0 Å². The Bertz CT molecular complexity index is 903. The summed E-state index contributed by atoms with van der Waals surface area (Å²) >= 11 is 14.0. The van der Waals surface area contributed by atoms with Gasteiger partial charge in [0, 0.05) is 36.2 Å². The number of halogens is 2. The molecular formula is C16H17Cl2N5OS. The van der Waals surface area contributed by atoms with Crippen molar-refractivity contribution in [2.75, 3.05) is 33.2 Å². The first-order valence-electron chi connectivity index (χ1n) is 7.93. The van der Waals surface area contributed by atoms with Crippen LogP contribution in [-0.4, -0.2) is 62.7 Å². The predicted octanol–water partition coefficient (Wildman–Crippen LogP) is 3.14. The number of hydrogen-bond donors (Lipinski definition) is 1. The van der Waals surface area contributed by atoms with E-state index in [2.05, 4.69) is 26.9 Å². The number of aromatic hydroxyl groups is 1. The molecular weight excluding hydrogens is 381 g/mol. The number of likely N-dealkylation sites (N-methyl/N-ethyl adjacent to an activating group) is 1. The highest BCUT2D eigenvalue weighted by molar-refractivity contribution is 7.17. The van der Waals surface area contributed by atoms with Gasteiger partial charge in [0.05, 0.1) is 10.9 Å². The maximum atomic E-state index is 10.7. The SMILES string of the molecule is CN1CCN(C(c2ccc(Cl)cc2Cl)c2sc3ncnn3c2O)CC1. The van der Waals surface area contributed by atoms with Crippen molar-refractivity contribution in [2.45, 2.75) is 6.04 Å². The van der Waals surface area contributed by atoms with Crippen LogP contribution in [0.3, 0.4) is 0 Å². The molecule has 0 radical (unpaired) electrons. The molecule has 0 spiro atoms. The lowest BCUT2D eigenvalue weighted by atomic mass is 10.0. The second-order valence-corrected chi connectivity index (χ2v) is 8.00. The Labute approximate surface area is 159 Å². The van der Waals surface area contributed by atoms with E-state index in [1.165, 1.54) is 22.2 Å². The summed E-state index contributed by atoms with van der Waals surface area (Å²) < 4.78 is 1.47. The quantitative estimate of drug-likeness (QED) is 0.735. The molecule has 1 fully saturated rings. The van der Waals surface area contributed by atoms with Gasteiger partial charge in [-0.25, -0.2) is 4.98 Å². The second-order valence-electron chi connectivity index (χ2n) is 6.15. The maximum absolute atomic E-state index is 10.7. The summed E-state index contributed by atoms with van der Waals surface area (Å²) in [6.07, 6.45) is 1.44. The van der Waals surface area contributed by atoms with Crippen LogP contribution in [-0.2, 0) is 0 Å². The summed E-state index contributed by atoms with van der Waals surface area (Å²) in [4.78, 5) is 10.3. The molecule has 2 aromatic heterocycles. The first kappa shape index (κ1) is 17.1. The zero-order valence-electron chi connectivity index (χ0n) is 13.6. The standard InChI is InChI=1S/C16H17Cl2N5OS/c1-21-4-6-22(7-5-21)13(11-3-2-10(17)8-12(11)18)14-15(24)23-16(25-14)19-9-20-23/h2-3,8-9,13,24H,4-7H2,1H3. The van der Waals surface area contributed by atoms with Crippen molar-refractivity contribution in [3.8, 4) is 5.88 Å². The van der Waals surface area contributed by atoms with Gasteiger partial charge in [0.25, 0.3) is 0 Å². The average Bonchev–Trinajstić information content (AvgIpc) is 3.15. The van der Waals surface area contributed by atoms with Crippen LogP contribution in [0, 0.1) is 0 Å². The van der Waals surface area contributed by atoms with E-state index in [-0.39, 0.29) is 11.9 Å². The normalized spacial score (nSPS) is 18.0. The number of nitrogens with zero attached hydrogens (tertiary/aromatic N) is 5. The van der Waals surface area contributed by atoms with Gasteiger partial charge in [0.1, 0.15) is 6.33 Å². The van der Waals surface area contributed by atoms with E-state index in [9.17, 15) is 5.11 Å². The summed E-state index contributed by atoms with van der Waals surface area (Å²) in [5.74, 6) is 0.118. The highest BCUT2D eigenvalue weighted by atomic mass is 35.5. The van der Waals surface area contributed by atoms with Crippen LogP contribution in [0.5, 0.6) is 5.88 Å². The molecule has 0 bridgehead atoms. The van der Waals surface area contributed by atoms with Gasteiger partial charge < -0.3 is 10.0 Å². The summed E-state index contributed by atoms with van der Waals surface area (Å²) in [7, 11) is 2.11. The third-order valence-electron chi connectivity index (χ3n) is 4.55. The molecule has 1 atom stereocenters. The van der Waals surface area contributed by atoms with E-state index in [1.807, 2.05) is 12.1 Å². The van der Waals surface area contributed by atoms with Crippen molar-refractivity contribution >= 4 is 39.5 Å². The molecule has 1 N–H and O–H groups in total. The van der Waals surface area contributed by atoms with Gasteiger partial charge in [-0.2, -0.15) is 9.61 Å². The van der Waals surface area contributed by atoms with E-state index in [0.29, 0.717) is 15.0 Å². The summed E-state index contributed by atoms with van der Waals surface area (Å²) in [6.45, 7) is 3.69. The molecule has 1 aromatic carbocycles. The van der Waals surface area contributed by atoms with Gasteiger partial charge >= 0.3 is 0 Å². The smallest absolute Gasteiger partial charge is 0.230 e. The Morgan fingerprint density at radius 1 is 1.20 bits per heavy atom. The fourth-order valence-electron chi connectivity index (χ4n) is 3.18. The summed E-state index contributed by atoms with van der Waals surface area (Å²) in [6, 6.07) is 5.35. The molecule has 3 heterocycles. The maximum Gasteiger partial charge on any atom is 0.230 e. The van der Waals surface area contributed by atoms with Crippen LogP contribution < -0.4 is 0 Å². The molecule has 1 aliphatic heterocycles. The number of fused-ring (bicyclic) bond motifs is 1. The minimum Gasteiger partial charge on any atom is -0.492 e. The van der Waals surface area contributed by atoms with Crippen LogP contribution in [0.1, 0.15) is 16.5 Å². The molecule has 25 heavy (non-hydrogen) atoms. The van der Waals surface area contributed by atoms with E-state index >= 15 is 0 Å². The molecule has 4 rings (SSSR count). The summed E-state index contributed by atoms with van der Waals surface area (Å²) in [5.41, 5.74) is 0.926. The van der Waals surface area contributed by atoms with Crippen LogP contribution in [0.15, 0.2) is 24.5 Å². The zero-order chi connectivity index (χ0) is 17.6. The van der Waals surface area contributed by atoms with Crippen LogP contribution in [0.25, 0.3) is 4.96 Å².